The van der Waals surface area contributed by atoms with Crippen LogP contribution in [0.15, 0.2) is 34.9 Å². The zero-order valence-electron chi connectivity index (χ0n) is 11.3. The molecular weight excluding hydrogens is 254 g/mol. The number of para-hydroxylation sites is 1. The Morgan fingerprint density at radius 2 is 2.35 bits per heavy atom. The molecule has 0 bridgehead atoms. The molecule has 2 aromatic rings. The SMILES string of the molecule is Cc1cnc(CNC(=O)C2CNc3ccccc3C2)o1. The van der Waals surface area contributed by atoms with Crippen molar-refractivity contribution < 1.29 is 9.21 Å². The second-order valence-electron chi connectivity index (χ2n) is 5.02. The Bertz CT molecular complexity index is 621. The van der Waals surface area contributed by atoms with Crippen LogP contribution in [0.2, 0.25) is 0 Å². The van der Waals surface area contributed by atoms with E-state index < -0.39 is 0 Å². The van der Waals surface area contributed by atoms with Crippen LogP contribution in [0.5, 0.6) is 0 Å². The summed E-state index contributed by atoms with van der Waals surface area (Å²) >= 11 is 0. The number of benzene rings is 1. The molecule has 20 heavy (non-hydrogen) atoms. The fraction of sp³-hybridized carbons (Fsp3) is 0.333. The minimum atomic E-state index is -0.0547. The van der Waals surface area contributed by atoms with Gasteiger partial charge in [-0.2, -0.15) is 0 Å². The quantitative estimate of drug-likeness (QED) is 0.894. The van der Waals surface area contributed by atoms with Gasteiger partial charge in [-0.25, -0.2) is 4.98 Å². The molecular formula is C15H17N3O2. The lowest BCUT2D eigenvalue weighted by atomic mass is 9.93. The Labute approximate surface area is 117 Å². The minimum Gasteiger partial charge on any atom is -0.444 e. The molecule has 1 unspecified atom stereocenters. The van der Waals surface area contributed by atoms with E-state index in [-0.39, 0.29) is 11.8 Å². The van der Waals surface area contributed by atoms with Gasteiger partial charge >= 0.3 is 0 Å². The zero-order chi connectivity index (χ0) is 13.9. The van der Waals surface area contributed by atoms with Crippen molar-refractivity contribution in [3.8, 4) is 0 Å². The number of fused-ring (bicyclic) bond motifs is 1. The Morgan fingerprint density at radius 3 is 3.15 bits per heavy atom. The van der Waals surface area contributed by atoms with Crippen molar-refractivity contribution in [1.82, 2.24) is 10.3 Å². The third-order valence-corrected chi connectivity index (χ3v) is 3.48. The molecule has 0 saturated carbocycles. The van der Waals surface area contributed by atoms with E-state index in [1.165, 1.54) is 5.56 Å². The van der Waals surface area contributed by atoms with Crippen molar-refractivity contribution in [3.63, 3.8) is 0 Å². The van der Waals surface area contributed by atoms with Crippen LogP contribution in [-0.4, -0.2) is 17.4 Å². The molecule has 2 heterocycles. The fourth-order valence-electron chi connectivity index (χ4n) is 2.42. The maximum absolute atomic E-state index is 12.2. The molecule has 2 N–H and O–H groups in total. The first-order valence-electron chi connectivity index (χ1n) is 6.73. The van der Waals surface area contributed by atoms with E-state index in [0.717, 1.165) is 17.9 Å². The van der Waals surface area contributed by atoms with E-state index in [0.29, 0.717) is 19.0 Å². The highest BCUT2D eigenvalue weighted by Gasteiger charge is 2.24. The largest absolute Gasteiger partial charge is 0.444 e. The zero-order valence-corrected chi connectivity index (χ0v) is 11.3. The number of nitrogens with one attached hydrogen (secondary N) is 2. The van der Waals surface area contributed by atoms with E-state index in [1.54, 1.807) is 6.20 Å². The second-order valence-corrected chi connectivity index (χ2v) is 5.02. The molecule has 3 rings (SSSR count). The molecule has 0 fully saturated rings. The van der Waals surface area contributed by atoms with Crippen LogP contribution in [-0.2, 0) is 17.8 Å². The van der Waals surface area contributed by atoms with Crippen molar-refractivity contribution >= 4 is 11.6 Å². The Kier molecular flexibility index (Phi) is 3.41. The molecule has 1 aromatic heterocycles. The van der Waals surface area contributed by atoms with Gasteiger partial charge in [0.15, 0.2) is 0 Å². The van der Waals surface area contributed by atoms with Crippen molar-refractivity contribution in [3.05, 3.63) is 47.7 Å². The molecule has 1 aliphatic heterocycles. The maximum Gasteiger partial charge on any atom is 0.225 e. The van der Waals surface area contributed by atoms with Gasteiger partial charge in [-0.3, -0.25) is 4.79 Å². The summed E-state index contributed by atoms with van der Waals surface area (Å²) in [5.74, 6) is 1.27. The van der Waals surface area contributed by atoms with E-state index in [2.05, 4.69) is 21.7 Å². The summed E-state index contributed by atoms with van der Waals surface area (Å²) in [6, 6.07) is 8.09. The summed E-state index contributed by atoms with van der Waals surface area (Å²) in [6.45, 7) is 2.83. The van der Waals surface area contributed by atoms with Gasteiger partial charge in [0.25, 0.3) is 0 Å². The summed E-state index contributed by atoms with van der Waals surface area (Å²) in [5, 5.41) is 6.17. The number of aryl methyl sites for hydroxylation is 1. The molecule has 0 radical (unpaired) electrons. The lowest BCUT2D eigenvalue weighted by Gasteiger charge is -2.25. The van der Waals surface area contributed by atoms with E-state index in [4.69, 9.17) is 4.42 Å². The molecule has 5 nitrogen and oxygen atoms in total. The maximum atomic E-state index is 12.2. The van der Waals surface area contributed by atoms with Gasteiger partial charge in [0, 0.05) is 12.2 Å². The van der Waals surface area contributed by atoms with Gasteiger partial charge in [-0.1, -0.05) is 18.2 Å². The number of anilines is 1. The molecule has 1 amide bonds. The highest BCUT2D eigenvalue weighted by atomic mass is 16.4. The third-order valence-electron chi connectivity index (χ3n) is 3.48. The number of carbonyl (C=O) groups is 1. The number of carbonyl (C=O) groups excluding carboxylic acids is 1. The van der Waals surface area contributed by atoms with E-state index in [1.807, 2.05) is 25.1 Å². The highest BCUT2D eigenvalue weighted by Crippen LogP contribution is 2.24. The summed E-state index contributed by atoms with van der Waals surface area (Å²) in [4.78, 5) is 16.2. The lowest BCUT2D eigenvalue weighted by Crippen LogP contribution is -2.37. The monoisotopic (exact) mass is 271 g/mol. The smallest absolute Gasteiger partial charge is 0.225 e. The van der Waals surface area contributed by atoms with Gasteiger partial charge in [0.2, 0.25) is 11.8 Å². The van der Waals surface area contributed by atoms with Crippen LogP contribution in [0.1, 0.15) is 17.2 Å². The van der Waals surface area contributed by atoms with Crippen molar-refractivity contribution in [1.29, 1.82) is 0 Å². The first kappa shape index (κ1) is 12.7. The number of oxazole rings is 1. The van der Waals surface area contributed by atoms with Gasteiger partial charge in [0.1, 0.15) is 5.76 Å². The Morgan fingerprint density at radius 1 is 1.50 bits per heavy atom. The number of amides is 1. The molecule has 5 heteroatoms. The molecule has 1 aromatic carbocycles. The van der Waals surface area contributed by atoms with E-state index >= 15 is 0 Å². The van der Waals surface area contributed by atoms with Crippen LogP contribution in [0.3, 0.4) is 0 Å². The summed E-state index contributed by atoms with van der Waals surface area (Å²) < 4.78 is 5.34. The topological polar surface area (TPSA) is 67.2 Å². The van der Waals surface area contributed by atoms with Crippen LogP contribution in [0.4, 0.5) is 5.69 Å². The van der Waals surface area contributed by atoms with Crippen LogP contribution >= 0.6 is 0 Å². The number of hydrogen-bond donors (Lipinski definition) is 2. The van der Waals surface area contributed by atoms with Gasteiger partial charge in [-0.15, -0.1) is 0 Å². The molecule has 0 spiro atoms. The third kappa shape index (κ3) is 2.66. The Balaban J connectivity index is 1.59. The minimum absolute atomic E-state index is 0.0304. The average molecular weight is 271 g/mol. The molecule has 0 aliphatic carbocycles. The Hall–Kier alpha value is -2.30. The van der Waals surface area contributed by atoms with Crippen molar-refractivity contribution in [2.75, 3.05) is 11.9 Å². The number of aromatic nitrogens is 1. The van der Waals surface area contributed by atoms with Crippen molar-refractivity contribution in [2.45, 2.75) is 19.9 Å². The number of rotatable bonds is 3. The first-order chi connectivity index (χ1) is 9.72. The van der Waals surface area contributed by atoms with Gasteiger partial charge < -0.3 is 15.1 Å². The fourth-order valence-corrected chi connectivity index (χ4v) is 2.42. The predicted molar refractivity (Wildman–Crippen MR) is 75.2 cm³/mol. The molecule has 1 aliphatic rings. The number of nitrogens with zero attached hydrogens (tertiary/aromatic N) is 1. The normalized spacial score (nSPS) is 17.1. The van der Waals surface area contributed by atoms with Crippen LogP contribution in [0.25, 0.3) is 0 Å². The van der Waals surface area contributed by atoms with Crippen LogP contribution in [0, 0.1) is 12.8 Å². The predicted octanol–water partition coefficient (Wildman–Crippen LogP) is 1.88. The van der Waals surface area contributed by atoms with Gasteiger partial charge in [0.05, 0.1) is 18.7 Å². The van der Waals surface area contributed by atoms with E-state index in [9.17, 15) is 4.79 Å². The highest BCUT2D eigenvalue weighted by molar-refractivity contribution is 5.80. The standard InChI is InChI=1S/C15H17N3O2/c1-10-7-17-14(20-10)9-18-15(19)12-6-11-4-2-3-5-13(11)16-8-12/h2-5,7,12,16H,6,8-9H2,1H3,(H,18,19). The average Bonchev–Trinajstić information content (AvgIpc) is 2.90. The van der Waals surface area contributed by atoms with Crippen LogP contribution < -0.4 is 10.6 Å². The summed E-state index contributed by atoms with van der Waals surface area (Å²) in [6.07, 6.45) is 2.42. The van der Waals surface area contributed by atoms with Gasteiger partial charge in [-0.05, 0) is 25.0 Å². The molecule has 1 atom stereocenters. The number of hydrogen-bond acceptors (Lipinski definition) is 4. The second kappa shape index (κ2) is 5.36. The summed E-state index contributed by atoms with van der Waals surface area (Å²) in [5.41, 5.74) is 2.31. The first-order valence-corrected chi connectivity index (χ1v) is 6.73. The molecule has 104 valence electrons. The summed E-state index contributed by atoms with van der Waals surface area (Å²) in [7, 11) is 0. The lowest BCUT2D eigenvalue weighted by molar-refractivity contribution is -0.124. The van der Waals surface area contributed by atoms with Crippen molar-refractivity contribution in [2.24, 2.45) is 5.92 Å². The molecule has 0 saturated heterocycles.